The summed E-state index contributed by atoms with van der Waals surface area (Å²) in [7, 11) is -2.24. The van der Waals surface area contributed by atoms with Crippen LogP contribution in [-0.4, -0.2) is 59.7 Å². The van der Waals surface area contributed by atoms with E-state index in [-0.39, 0.29) is 45.1 Å². The Morgan fingerprint density at radius 2 is 1.60 bits per heavy atom. The monoisotopic (exact) mass is 602 g/mol. The van der Waals surface area contributed by atoms with E-state index < -0.39 is 21.9 Å². The van der Waals surface area contributed by atoms with Crippen molar-refractivity contribution in [2.45, 2.75) is 53.9 Å². The second kappa shape index (κ2) is 12.6. The number of hydrogen-bond donors (Lipinski definition) is 4. The van der Waals surface area contributed by atoms with Gasteiger partial charge in [0.2, 0.25) is 15.9 Å². The van der Waals surface area contributed by atoms with Crippen molar-refractivity contribution in [3.05, 3.63) is 58.9 Å². The van der Waals surface area contributed by atoms with Gasteiger partial charge in [-0.1, -0.05) is 52.8 Å². The highest BCUT2D eigenvalue weighted by Gasteiger charge is 2.23. The van der Waals surface area contributed by atoms with E-state index in [1.807, 2.05) is 20.8 Å². The number of ether oxygens (including phenoxy) is 1. The normalized spacial score (nSPS) is 11.6. The first-order valence-corrected chi connectivity index (χ1v) is 14.6. The highest BCUT2D eigenvalue weighted by Crippen LogP contribution is 2.39. The number of nitrogens with one attached hydrogen (secondary N) is 2. The standard InChI is InChI=1S/C23H27N5O6S.C5H11NO/c1-13-7-8-14(9-19(13)28-12-18(22(30)31)25-27-28)21(29)24-16-10-15(23(2,3)4)11-17(20(16)34-5)26-35(6,32)33;1-5(2,3)4(6)7/h7-12,26H,1-6H3,(H,24,29)(H,30,31);1-3H3,(H2,6,7). The molecule has 0 unspecified atom stereocenters. The number of anilines is 2. The van der Waals surface area contributed by atoms with Crippen molar-refractivity contribution in [3.8, 4) is 11.4 Å². The number of carboxylic acid groups (broad SMARTS) is 1. The summed E-state index contributed by atoms with van der Waals surface area (Å²) in [6, 6.07) is 8.27. The van der Waals surface area contributed by atoms with E-state index in [9.17, 15) is 22.8 Å². The third-order valence-corrected chi connectivity index (χ3v) is 6.46. The molecule has 13 nitrogen and oxygen atoms in total. The maximum atomic E-state index is 13.2. The zero-order valence-electron chi connectivity index (χ0n) is 25.2. The number of nitrogens with two attached hydrogens (primary N) is 1. The number of aromatic nitrogens is 3. The lowest BCUT2D eigenvalue weighted by Crippen LogP contribution is -2.27. The fraction of sp³-hybridized carbons (Fsp3) is 0.393. The van der Waals surface area contributed by atoms with Gasteiger partial charge in [0.15, 0.2) is 11.4 Å². The van der Waals surface area contributed by atoms with E-state index in [1.165, 1.54) is 18.0 Å². The Hall–Kier alpha value is -4.46. The van der Waals surface area contributed by atoms with Gasteiger partial charge in [-0.15, -0.1) is 5.10 Å². The second-order valence-corrected chi connectivity index (χ2v) is 13.4. The summed E-state index contributed by atoms with van der Waals surface area (Å²) in [4.78, 5) is 34.6. The Morgan fingerprint density at radius 1 is 1.02 bits per heavy atom. The molecule has 0 spiro atoms. The highest BCUT2D eigenvalue weighted by atomic mass is 32.2. The Morgan fingerprint density at radius 3 is 2.05 bits per heavy atom. The molecule has 1 heterocycles. The van der Waals surface area contributed by atoms with Gasteiger partial charge in [0.05, 0.1) is 36.6 Å². The molecule has 5 N–H and O–H groups in total. The van der Waals surface area contributed by atoms with Crippen molar-refractivity contribution in [1.29, 1.82) is 0 Å². The average molecular weight is 603 g/mol. The van der Waals surface area contributed by atoms with Crippen molar-refractivity contribution in [2.75, 3.05) is 23.4 Å². The fourth-order valence-electron chi connectivity index (χ4n) is 3.32. The maximum Gasteiger partial charge on any atom is 0.358 e. The molecule has 228 valence electrons. The van der Waals surface area contributed by atoms with Crippen molar-refractivity contribution < 1.29 is 32.6 Å². The Labute approximate surface area is 245 Å². The van der Waals surface area contributed by atoms with Gasteiger partial charge in [-0.3, -0.25) is 14.3 Å². The average Bonchev–Trinajstić information content (AvgIpc) is 3.33. The van der Waals surface area contributed by atoms with Gasteiger partial charge in [-0.05, 0) is 47.7 Å². The van der Waals surface area contributed by atoms with Gasteiger partial charge in [0.25, 0.3) is 5.91 Å². The molecule has 14 heteroatoms. The third-order valence-electron chi connectivity index (χ3n) is 5.87. The summed E-state index contributed by atoms with van der Waals surface area (Å²) >= 11 is 0. The number of carboxylic acids is 1. The summed E-state index contributed by atoms with van der Waals surface area (Å²) in [6.45, 7) is 13.0. The number of hydrogen-bond acceptors (Lipinski definition) is 8. The molecule has 0 saturated heterocycles. The molecule has 0 aliphatic carbocycles. The minimum atomic E-state index is -3.61. The Bertz CT molecular complexity index is 1600. The molecule has 1 aromatic heterocycles. The zero-order chi connectivity index (χ0) is 32.2. The van der Waals surface area contributed by atoms with Gasteiger partial charge < -0.3 is 20.9 Å². The lowest BCUT2D eigenvalue weighted by Gasteiger charge is -2.24. The summed E-state index contributed by atoms with van der Waals surface area (Å²) in [5.41, 5.74) is 6.73. The number of primary amides is 1. The highest BCUT2D eigenvalue weighted by molar-refractivity contribution is 7.92. The number of aryl methyl sites for hydroxylation is 1. The molecule has 3 aromatic rings. The number of methoxy groups -OCH3 is 1. The van der Waals surface area contributed by atoms with Crippen LogP contribution in [0, 0.1) is 12.3 Å². The van der Waals surface area contributed by atoms with Crippen molar-refractivity contribution in [3.63, 3.8) is 0 Å². The van der Waals surface area contributed by atoms with Gasteiger partial charge in [-0.25, -0.2) is 17.9 Å². The number of sulfonamides is 1. The number of benzene rings is 2. The smallest absolute Gasteiger partial charge is 0.358 e. The van der Waals surface area contributed by atoms with E-state index in [2.05, 4.69) is 20.4 Å². The molecule has 0 radical (unpaired) electrons. The first kappa shape index (κ1) is 33.7. The summed E-state index contributed by atoms with van der Waals surface area (Å²) < 4.78 is 33.0. The van der Waals surface area contributed by atoms with Crippen molar-refractivity contribution in [1.82, 2.24) is 15.0 Å². The van der Waals surface area contributed by atoms with E-state index in [1.54, 1.807) is 58.0 Å². The van der Waals surface area contributed by atoms with Crippen LogP contribution in [0.25, 0.3) is 5.69 Å². The van der Waals surface area contributed by atoms with Crippen molar-refractivity contribution >= 4 is 39.2 Å². The minimum absolute atomic E-state index is 0.159. The molecule has 0 fully saturated rings. The molecule has 3 rings (SSSR count). The lowest BCUT2D eigenvalue weighted by molar-refractivity contribution is -0.125. The van der Waals surface area contributed by atoms with E-state index in [0.717, 1.165) is 17.4 Å². The van der Waals surface area contributed by atoms with Gasteiger partial charge in [0.1, 0.15) is 0 Å². The molecule has 0 saturated carbocycles. The predicted octanol–water partition coefficient (Wildman–Crippen LogP) is 3.72. The Balaban J connectivity index is 0.000000782. The molecule has 42 heavy (non-hydrogen) atoms. The predicted molar refractivity (Wildman–Crippen MR) is 160 cm³/mol. The third kappa shape index (κ3) is 9.03. The first-order chi connectivity index (χ1) is 19.1. The summed E-state index contributed by atoms with van der Waals surface area (Å²) in [6.07, 6.45) is 2.29. The van der Waals surface area contributed by atoms with E-state index >= 15 is 0 Å². The van der Waals surface area contributed by atoms with Crippen LogP contribution < -0.4 is 20.5 Å². The number of nitrogens with zero attached hydrogens (tertiary/aromatic N) is 3. The number of carbonyl (C=O) groups excluding carboxylic acids is 2. The van der Waals surface area contributed by atoms with Crippen molar-refractivity contribution in [2.24, 2.45) is 11.1 Å². The van der Waals surface area contributed by atoms with Gasteiger partial charge in [-0.2, -0.15) is 0 Å². The quantitative estimate of drug-likeness (QED) is 0.311. The van der Waals surface area contributed by atoms with Crippen LogP contribution >= 0.6 is 0 Å². The molecule has 2 amide bonds. The molecule has 0 aliphatic rings. The van der Waals surface area contributed by atoms with Crippen LogP contribution in [0.3, 0.4) is 0 Å². The van der Waals surface area contributed by atoms with E-state index in [0.29, 0.717) is 5.69 Å². The number of rotatable bonds is 7. The van der Waals surface area contributed by atoms with E-state index in [4.69, 9.17) is 15.6 Å². The van der Waals surface area contributed by atoms with Gasteiger partial charge in [0, 0.05) is 11.0 Å². The number of amides is 2. The topological polar surface area (TPSA) is 196 Å². The zero-order valence-corrected chi connectivity index (χ0v) is 26.0. The Kier molecular flexibility index (Phi) is 10.1. The molecular formula is C28H38N6O7S. The van der Waals surface area contributed by atoms with Gasteiger partial charge >= 0.3 is 5.97 Å². The molecule has 2 aromatic carbocycles. The molecule has 0 bridgehead atoms. The largest absolute Gasteiger partial charge is 0.492 e. The number of aromatic carboxylic acids is 1. The van der Waals surface area contributed by atoms with Crippen LogP contribution in [0.5, 0.6) is 5.75 Å². The summed E-state index contributed by atoms with van der Waals surface area (Å²) in [5.74, 6) is -1.80. The SMILES string of the molecule is CC(C)(C)C(N)=O.COc1c(NC(=O)c2ccc(C)c(-n3cc(C(=O)O)nn3)c2)cc(C(C)(C)C)cc1NS(C)(=O)=O. The number of carbonyl (C=O) groups is 3. The molecular weight excluding hydrogens is 564 g/mol. The summed E-state index contributed by atoms with van der Waals surface area (Å²) in [5, 5.41) is 19.4. The van der Waals surface area contributed by atoms with Crippen LogP contribution in [0.4, 0.5) is 11.4 Å². The maximum absolute atomic E-state index is 13.2. The van der Waals surface area contributed by atoms with Crippen LogP contribution in [-0.2, 0) is 20.2 Å². The lowest BCUT2D eigenvalue weighted by atomic mass is 9.86. The first-order valence-electron chi connectivity index (χ1n) is 12.7. The molecule has 0 aliphatic heterocycles. The molecule has 0 atom stereocenters. The minimum Gasteiger partial charge on any atom is -0.492 e. The fourth-order valence-corrected chi connectivity index (χ4v) is 3.87. The van der Waals surface area contributed by atoms with Crippen LogP contribution in [0.15, 0.2) is 36.5 Å². The van der Waals surface area contributed by atoms with Crippen LogP contribution in [0.2, 0.25) is 0 Å². The van der Waals surface area contributed by atoms with Crippen LogP contribution in [0.1, 0.15) is 73.5 Å². The second-order valence-electron chi connectivity index (χ2n) is 11.7.